The molecule has 0 spiro atoms. The Hall–Kier alpha value is -4.01. The number of nitrogens with one attached hydrogen (secondary N) is 1. The van der Waals surface area contributed by atoms with Crippen molar-refractivity contribution in [2.45, 2.75) is 32.2 Å². The van der Waals surface area contributed by atoms with E-state index in [0.29, 0.717) is 24.4 Å². The summed E-state index contributed by atoms with van der Waals surface area (Å²) in [6.45, 7) is 5.09. The van der Waals surface area contributed by atoms with Crippen molar-refractivity contribution in [1.29, 1.82) is 0 Å². The molecule has 0 bridgehead atoms. The van der Waals surface area contributed by atoms with Crippen LogP contribution in [0.1, 0.15) is 48.5 Å². The molecule has 0 aromatic carbocycles. The van der Waals surface area contributed by atoms with E-state index in [1.807, 2.05) is 28.9 Å². The zero-order valence-corrected chi connectivity index (χ0v) is 17.8. The van der Waals surface area contributed by atoms with Gasteiger partial charge in [0.25, 0.3) is 5.89 Å². The quantitative estimate of drug-likeness (QED) is 0.467. The fourth-order valence-electron chi connectivity index (χ4n) is 4.40. The summed E-state index contributed by atoms with van der Waals surface area (Å²) in [7, 11) is 0. The summed E-state index contributed by atoms with van der Waals surface area (Å²) in [5.74, 6) is 0.835. The SMILES string of the molecule is CC(C)c1cccn2nc([C@@H]3c4nc[nH]c4CCN3c3nnc(-c4cccnc4)o3)cc12. The monoisotopic (exact) mass is 426 g/mol. The Morgan fingerprint density at radius 1 is 1.19 bits per heavy atom. The minimum atomic E-state index is -0.230. The third kappa shape index (κ3) is 2.96. The van der Waals surface area contributed by atoms with Gasteiger partial charge in [-0.15, -0.1) is 5.10 Å². The third-order valence-corrected chi connectivity index (χ3v) is 5.95. The van der Waals surface area contributed by atoms with Gasteiger partial charge in [0, 0.05) is 37.3 Å². The van der Waals surface area contributed by atoms with E-state index in [1.54, 1.807) is 18.7 Å². The minimum Gasteiger partial charge on any atom is -0.403 e. The fourth-order valence-corrected chi connectivity index (χ4v) is 4.40. The van der Waals surface area contributed by atoms with Gasteiger partial charge >= 0.3 is 6.01 Å². The normalized spacial score (nSPS) is 16.1. The smallest absolute Gasteiger partial charge is 0.319 e. The molecule has 0 saturated heterocycles. The van der Waals surface area contributed by atoms with E-state index in [-0.39, 0.29) is 6.04 Å². The summed E-state index contributed by atoms with van der Waals surface area (Å²) in [6.07, 6.45) is 7.96. The molecule has 5 aromatic rings. The van der Waals surface area contributed by atoms with Crippen molar-refractivity contribution in [3.8, 4) is 11.5 Å². The Bertz CT molecular complexity index is 1380. The molecule has 32 heavy (non-hydrogen) atoms. The summed E-state index contributed by atoms with van der Waals surface area (Å²) in [4.78, 5) is 14.1. The van der Waals surface area contributed by atoms with Crippen molar-refractivity contribution < 1.29 is 4.42 Å². The molecule has 1 N–H and O–H groups in total. The predicted octanol–water partition coefficient (Wildman–Crippen LogP) is 3.78. The van der Waals surface area contributed by atoms with Crippen molar-refractivity contribution in [1.82, 2.24) is 34.8 Å². The molecule has 0 saturated carbocycles. The summed E-state index contributed by atoms with van der Waals surface area (Å²) in [5, 5.41) is 13.5. The van der Waals surface area contributed by atoms with Crippen LogP contribution in [0.4, 0.5) is 6.01 Å². The highest BCUT2D eigenvalue weighted by Crippen LogP contribution is 2.37. The molecule has 0 radical (unpaired) electrons. The molecule has 9 heteroatoms. The van der Waals surface area contributed by atoms with Crippen molar-refractivity contribution >= 4 is 11.5 Å². The predicted molar refractivity (Wildman–Crippen MR) is 118 cm³/mol. The number of anilines is 1. The lowest BCUT2D eigenvalue weighted by atomic mass is 9.99. The maximum atomic E-state index is 6.08. The number of aromatic nitrogens is 7. The summed E-state index contributed by atoms with van der Waals surface area (Å²) < 4.78 is 8.02. The Labute approximate surface area is 184 Å². The maximum Gasteiger partial charge on any atom is 0.319 e. The molecule has 1 aliphatic rings. The van der Waals surface area contributed by atoms with Gasteiger partial charge in [0.15, 0.2) is 0 Å². The van der Waals surface area contributed by atoms with Gasteiger partial charge in [-0.2, -0.15) is 5.10 Å². The first-order valence-electron chi connectivity index (χ1n) is 10.7. The zero-order valence-electron chi connectivity index (χ0n) is 17.8. The Balaban J connectivity index is 1.46. The zero-order chi connectivity index (χ0) is 21.7. The van der Waals surface area contributed by atoms with Crippen molar-refractivity contribution in [3.05, 3.63) is 77.9 Å². The van der Waals surface area contributed by atoms with Gasteiger partial charge in [0.05, 0.1) is 28.8 Å². The minimum absolute atomic E-state index is 0.230. The van der Waals surface area contributed by atoms with Gasteiger partial charge in [0.2, 0.25) is 0 Å². The van der Waals surface area contributed by atoms with E-state index < -0.39 is 0 Å². The lowest BCUT2D eigenvalue weighted by Crippen LogP contribution is -2.36. The molecule has 1 atom stereocenters. The van der Waals surface area contributed by atoms with Crippen LogP contribution in [0.2, 0.25) is 0 Å². The lowest BCUT2D eigenvalue weighted by Gasteiger charge is -2.32. The van der Waals surface area contributed by atoms with Crippen LogP contribution in [0.25, 0.3) is 17.0 Å². The van der Waals surface area contributed by atoms with Gasteiger partial charge in [-0.25, -0.2) is 9.50 Å². The number of fused-ring (bicyclic) bond motifs is 2. The average molecular weight is 426 g/mol. The van der Waals surface area contributed by atoms with Gasteiger partial charge < -0.3 is 14.3 Å². The molecular formula is C23H22N8O. The summed E-state index contributed by atoms with van der Waals surface area (Å²) >= 11 is 0. The topological polar surface area (TPSA) is 101 Å². The van der Waals surface area contributed by atoms with Crippen LogP contribution in [0.5, 0.6) is 0 Å². The number of aromatic amines is 1. The molecule has 0 fully saturated rings. The molecule has 5 aromatic heterocycles. The number of imidazole rings is 1. The average Bonchev–Trinajstić information content (AvgIpc) is 3.57. The maximum absolute atomic E-state index is 6.08. The van der Waals surface area contributed by atoms with E-state index in [1.165, 1.54) is 5.56 Å². The number of rotatable bonds is 4. The van der Waals surface area contributed by atoms with Crippen molar-refractivity contribution in [2.75, 3.05) is 11.4 Å². The Kier molecular flexibility index (Phi) is 4.27. The molecule has 9 nitrogen and oxygen atoms in total. The standard InChI is InChI=1S/C23H22N8O/c1-14(2)16-6-4-9-31-19(16)11-18(29-31)21-20-17(25-13-26-20)7-10-30(21)23-28-27-22(32-23)15-5-3-8-24-12-15/h3-6,8-9,11-14,21H,7,10H2,1-2H3,(H,25,26)/t21-/m1/s1. The molecule has 0 aliphatic carbocycles. The second-order valence-electron chi connectivity index (χ2n) is 8.26. The highest BCUT2D eigenvalue weighted by Gasteiger charge is 2.36. The van der Waals surface area contributed by atoms with Crippen LogP contribution in [-0.2, 0) is 6.42 Å². The first-order valence-corrected chi connectivity index (χ1v) is 10.7. The van der Waals surface area contributed by atoms with E-state index >= 15 is 0 Å². The van der Waals surface area contributed by atoms with Crippen LogP contribution in [0.3, 0.4) is 0 Å². The Morgan fingerprint density at radius 2 is 2.12 bits per heavy atom. The second-order valence-corrected chi connectivity index (χ2v) is 8.26. The molecule has 6 heterocycles. The first-order chi connectivity index (χ1) is 15.7. The largest absolute Gasteiger partial charge is 0.403 e. The van der Waals surface area contributed by atoms with E-state index in [2.05, 4.69) is 56.0 Å². The number of hydrogen-bond donors (Lipinski definition) is 1. The lowest BCUT2D eigenvalue weighted by molar-refractivity contribution is 0.503. The fraction of sp³-hybridized carbons (Fsp3) is 0.261. The van der Waals surface area contributed by atoms with Crippen LogP contribution in [-0.4, -0.2) is 41.3 Å². The van der Waals surface area contributed by atoms with Crippen LogP contribution < -0.4 is 4.90 Å². The van der Waals surface area contributed by atoms with Crippen LogP contribution >= 0.6 is 0 Å². The second kappa shape index (κ2) is 7.30. The van der Waals surface area contributed by atoms with Crippen molar-refractivity contribution in [3.63, 3.8) is 0 Å². The summed E-state index contributed by atoms with van der Waals surface area (Å²) in [5.41, 5.74) is 6.09. The molecule has 160 valence electrons. The van der Waals surface area contributed by atoms with E-state index in [9.17, 15) is 0 Å². The molecule has 1 aliphatic heterocycles. The van der Waals surface area contributed by atoms with Gasteiger partial charge in [-0.1, -0.05) is 25.0 Å². The van der Waals surface area contributed by atoms with E-state index in [4.69, 9.17) is 9.52 Å². The molecular weight excluding hydrogens is 404 g/mol. The Morgan fingerprint density at radius 3 is 2.97 bits per heavy atom. The highest BCUT2D eigenvalue weighted by molar-refractivity contribution is 5.59. The van der Waals surface area contributed by atoms with Crippen LogP contribution in [0, 0.1) is 0 Å². The molecule has 6 rings (SSSR count). The highest BCUT2D eigenvalue weighted by atomic mass is 16.4. The summed E-state index contributed by atoms with van der Waals surface area (Å²) in [6, 6.07) is 10.3. The van der Waals surface area contributed by atoms with Crippen molar-refractivity contribution in [2.24, 2.45) is 0 Å². The number of nitrogens with zero attached hydrogens (tertiary/aromatic N) is 7. The number of hydrogen-bond acceptors (Lipinski definition) is 7. The third-order valence-electron chi connectivity index (χ3n) is 5.95. The van der Waals surface area contributed by atoms with Gasteiger partial charge in [-0.05, 0) is 35.7 Å². The molecule has 0 unspecified atom stereocenters. The van der Waals surface area contributed by atoms with E-state index in [0.717, 1.165) is 34.6 Å². The number of pyridine rings is 2. The molecule has 0 amide bonds. The van der Waals surface area contributed by atoms with Gasteiger partial charge in [-0.3, -0.25) is 4.98 Å². The first kappa shape index (κ1) is 18.7. The van der Waals surface area contributed by atoms with Crippen LogP contribution in [0.15, 0.2) is 59.7 Å². The van der Waals surface area contributed by atoms with Gasteiger partial charge in [0.1, 0.15) is 6.04 Å². The number of H-pyrrole nitrogens is 1.